The van der Waals surface area contributed by atoms with E-state index in [1.54, 1.807) is 0 Å². The first-order valence-electron chi connectivity index (χ1n) is 13.3. The molecule has 0 amide bonds. The van der Waals surface area contributed by atoms with E-state index in [-0.39, 0.29) is 18.4 Å². The lowest BCUT2D eigenvalue weighted by Crippen LogP contribution is -2.31. The predicted octanol–water partition coefficient (Wildman–Crippen LogP) is 7.69. The third kappa shape index (κ3) is 5.99. The lowest BCUT2D eigenvalue weighted by molar-refractivity contribution is -0.0237. The summed E-state index contributed by atoms with van der Waals surface area (Å²) in [6.45, 7) is 5.73. The van der Waals surface area contributed by atoms with Crippen molar-refractivity contribution < 1.29 is 14.2 Å². The van der Waals surface area contributed by atoms with Gasteiger partial charge in [0.05, 0.1) is 12.6 Å². The molecule has 0 radical (unpaired) electrons. The maximum atomic E-state index is 6.73. The molecular formula is C34H35NO3. The van der Waals surface area contributed by atoms with E-state index < -0.39 is 0 Å². The van der Waals surface area contributed by atoms with E-state index in [4.69, 9.17) is 14.2 Å². The van der Waals surface area contributed by atoms with Crippen LogP contribution in [-0.2, 0) is 4.74 Å². The summed E-state index contributed by atoms with van der Waals surface area (Å²) in [5.74, 6) is 1.49. The molecule has 0 N–H and O–H groups in total. The number of rotatable bonds is 10. The van der Waals surface area contributed by atoms with Crippen LogP contribution in [0.15, 0.2) is 115 Å². The van der Waals surface area contributed by atoms with Crippen molar-refractivity contribution in [2.75, 3.05) is 19.8 Å². The molecule has 194 valence electrons. The van der Waals surface area contributed by atoms with Gasteiger partial charge in [-0.2, -0.15) is 0 Å². The van der Waals surface area contributed by atoms with Gasteiger partial charge in [-0.3, -0.25) is 4.90 Å². The third-order valence-electron chi connectivity index (χ3n) is 6.74. The maximum Gasteiger partial charge on any atom is 0.161 e. The molecule has 38 heavy (non-hydrogen) atoms. The summed E-state index contributed by atoms with van der Waals surface area (Å²) in [4.78, 5) is 2.45. The van der Waals surface area contributed by atoms with E-state index in [0.29, 0.717) is 13.2 Å². The normalized spacial score (nSPS) is 17.8. The van der Waals surface area contributed by atoms with E-state index >= 15 is 0 Å². The van der Waals surface area contributed by atoms with Crippen LogP contribution in [0.3, 0.4) is 0 Å². The first kappa shape index (κ1) is 25.8. The Hall–Kier alpha value is -3.86. The summed E-state index contributed by atoms with van der Waals surface area (Å²) in [5.41, 5.74) is 4.69. The fraction of sp³-hybridized carbons (Fsp3) is 0.235. The van der Waals surface area contributed by atoms with Crippen LogP contribution >= 0.6 is 0 Å². The molecule has 1 heterocycles. The Morgan fingerprint density at radius 3 is 2.05 bits per heavy atom. The van der Waals surface area contributed by atoms with Crippen molar-refractivity contribution >= 4 is 6.08 Å². The number of hydrogen-bond donors (Lipinski definition) is 0. The number of ether oxygens (including phenoxy) is 3. The van der Waals surface area contributed by atoms with Crippen molar-refractivity contribution in [1.82, 2.24) is 4.90 Å². The molecule has 4 heteroatoms. The second-order valence-electron chi connectivity index (χ2n) is 9.39. The van der Waals surface area contributed by atoms with Crippen LogP contribution in [0.2, 0.25) is 0 Å². The van der Waals surface area contributed by atoms with Gasteiger partial charge in [0.15, 0.2) is 11.5 Å². The van der Waals surface area contributed by atoms with Crippen LogP contribution in [0, 0.1) is 0 Å². The van der Waals surface area contributed by atoms with Gasteiger partial charge in [-0.15, -0.1) is 0 Å². The highest BCUT2D eigenvalue weighted by molar-refractivity contribution is 5.55. The quantitative estimate of drug-likeness (QED) is 0.221. The van der Waals surface area contributed by atoms with Gasteiger partial charge in [0.1, 0.15) is 18.9 Å². The zero-order valence-corrected chi connectivity index (χ0v) is 22.1. The molecule has 4 nitrogen and oxygen atoms in total. The minimum Gasteiger partial charge on any atom is -0.490 e. The summed E-state index contributed by atoms with van der Waals surface area (Å²) >= 11 is 0. The van der Waals surface area contributed by atoms with Gasteiger partial charge in [0.25, 0.3) is 0 Å². The SMILES string of the molecule is CC=Cc1ccc(OCC)c(OCC2CN(C(c3ccccc3)c3ccccc3)C(c3ccccc3)O2)c1. The highest BCUT2D eigenvalue weighted by atomic mass is 16.6. The number of hydrogen-bond acceptors (Lipinski definition) is 4. The monoisotopic (exact) mass is 505 g/mol. The van der Waals surface area contributed by atoms with Gasteiger partial charge >= 0.3 is 0 Å². The van der Waals surface area contributed by atoms with Crippen molar-refractivity contribution in [1.29, 1.82) is 0 Å². The summed E-state index contributed by atoms with van der Waals surface area (Å²) in [6.07, 6.45) is 3.77. The first-order chi connectivity index (χ1) is 18.8. The number of benzene rings is 4. The van der Waals surface area contributed by atoms with Crippen LogP contribution in [-0.4, -0.2) is 30.8 Å². The van der Waals surface area contributed by atoms with Crippen LogP contribution in [0.4, 0.5) is 0 Å². The van der Waals surface area contributed by atoms with Crippen molar-refractivity contribution in [3.8, 4) is 11.5 Å². The van der Waals surface area contributed by atoms with E-state index in [9.17, 15) is 0 Å². The topological polar surface area (TPSA) is 30.9 Å². The number of allylic oxidation sites excluding steroid dienone is 1. The van der Waals surface area contributed by atoms with Crippen LogP contribution in [0.1, 0.15) is 48.4 Å². The Morgan fingerprint density at radius 1 is 0.816 bits per heavy atom. The average molecular weight is 506 g/mol. The Morgan fingerprint density at radius 2 is 1.45 bits per heavy atom. The molecule has 0 spiro atoms. The first-order valence-corrected chi connectivity index (χ1v) is 13.3. The molecule has 0 bridgehead atoms. The Kier molecular flexibility index (Phi) is 8.54. The number of nitrogens with zero attached hydrogens (tertiary/aromatic N) is 1. The summed E-state index contributed by atoms with van der Waals surface area (Å²) < 4.78 is 19.0. The largest absolute Gasteiger partial charge is 0.490 e. The van der Waals surface area contributed by atoms with Gasteiger partial charge in [-0.05, 0) is 48.2 Å². The van der Waals surface area contributed by atoms with E-state index in [0.717, 1.165) is 29.2 Å². The zero-order chi connectivity index (χ0) is 26.2. The molecule has 4 aromatic carbocycles. The van der Waals surface area contributed by atoms with Crippen LogP contribution in [0.25, 0.3) is 6.08 Å². The molecule has 2 unspecified atom stereocenters. The van der Waals surface area contributed by atoms with E-state index in [1.165, 1.54) is 11.1 Å². The summed E-state index contributed by atoms with van der Waals surface area (Å²) in [5, 5.41) is 0. The summed E-state index contributed by atoms with van der Waals surface area (Å²) in [6, 6.07) is 37.9. The molecule has 4 aromatic rings. The van der Waals surface area contributed by atoms with Crippen molar-refractivity contribution in [2.24, 2.45) is 0 Å². The molecular weight excluding hydrogens is 470 g/mol. The Balaban J connectivity index is 1.45. The average Bonchev–Trinajstić information content (AvgIpc) is 3.39. The molecule has 1 aliphatic heterocycles. The fourth-order valence-electron chi connectivity index (χ4n) is 5.09. The fourth-order valence-corrected chi connectivity index (χ4v) is 5.09. The molecule has 0 aliphatic carbocycles. The van der Waals surface area contributed by atoms with Gasteiger partial charge in [0, 0.05) is 6.54 Å². The minimum atomic E-state index is -0.198. The lowest BCUT2D eigenvalue weighted by Gasteiger charge is -2.32. The van der Waals surface area contributed by atoms with Crippen molar-refractivity contribution in [3.05, 3.63) is 138 Å². The highest BCUT2D eigenvalue weighted by Crippen LogP contribution is 2.41. The van der Waals surface area contributed by atoms with E-state index in [2.05, 4.69) is 95.9 Å². The van der Waals surface area contributed by atoms with Gasteiger partial charge < -0.3 is 14.2 Å². The van der Waals surface area contributed by atoms with Crippen molar-refractivity contribution in [2.45, 2.75) is 32.2 Å². The lowest BCUT2D eigenvalue weighted by atomic mass is 9.96. The molecule has 2 atom stereocenters. The van der Waals surface area contributed by atoms with Gasteiger partial charge in [0.2, 0.25) is 0 Å². The molecule has 0 aromatic heterocycles. The molecule has 1 aliphatic rings. The van der Waals surface area contributed by atoms with Crippen molar-refractivity contribution in [3.63, 3.8) is 0 Å². The standard InChI is InChI=1S/C34H35NO3/c1-3-14-26-21-22-31(36-4-2)32(23-26)37-25-30-24-35(34(38-30)29-19-12-7-13-20-29)33(27-15-8-5-9-16-27)28-17-10-6-11-18-28/h3,5-23,30,33-34H,4,24-25H2,1-2H3. The second kappa shape index (κ2) is 12.6. The van der Waals surface area contributed by atoms with Crippen LogP contribution in [0.5, 0.6) is 11.5 Å². The van der Waals surface area contributed by atoms with Gasteiger partial charge in [-0.25, -0.2) is 0 Å². The highest BCUT2D eigenvalue weighted by Gasteiger charge is 2.39. The zero-order valence-electron chi connectivity index (χ0n) is 22.1. The third-order valence-corrected chi connectivity index (χ3v) is 6.74. The van der Waals surface area contributed by atoms with E-state index in [1.807, 2.05) is 44.2 Å². The molecule has 0 saturated carbocycles. The van der Waals surface area contributed by atoms with Gasteiger partial charge in [-0.1, -0.05) is 109 Å². The van der Waals surface area contributed by atoms with Crippen LogP contribution < -0.4 is 9.47 Å². The predicted molar refractivity (Wildman–Crippen MR) is 153 cm³/mol. The second-order valence-corrected chi connectivity index (χ2v) is 9.39. The maximum absolute atomic E-state index is 6.73. The molecule has 5 rings (SSSR count). The smallest absolute Gasteiger partial charge is 0.161 e. The Labute approximate surface area is 226 Å². The summed E-state index contributed by atoms with van der Waals surface area (Å²) in [7, 11) is 0. The minimum absolute atomic E-state index is 0.0459. The molecule has 1 fully saturated rings. The Bertz CT molecular complexity index is 1270. The molecule has 1 saturated heterocycles.